The number of carbonyl (C=O) groups excluding carboxylic acids is 1. The Bertz CT molecular complexity index is 425. The molecule has 0 spiro atoms. The van der Waals surface area contributed by atoms with Gasteiger partial charge in [0.1, 0.15) is 0 Å². The zero-order valence-corrected chi connectivity index (χ0v) is 11.2. The fourth-order valence-electron chi connectivity index (χ4n) is 2.07. The molecule has 1 aliphatic heterocycles. The van der Waals surface area contributed by atoms with Gasteiger partial charge in [0.05, 0.1) is 6.10 Å². The summed E-state index contributed by atoms with van der Waals surface area (Å²) in [6.07, 6.45) is 1.38. The van der Waals surface area contributed by atoms with Crippen LogP contribution in [-0.4, -0.2) is 23.9 Å². The normalized spacial score (nSPS) is 23.0. The first kappa shape index (κ1) is 13.4. The maximum atomic E-state index is 11.6. The zero-order chi connectivity index (χ0) is 13.0. The van der Waals surface area contributed by atoms with Gasteiger partial charge >= 0.3 is 0 Å². The van der Waals surface area contributed by atoms with Crippen molar-refractivity contribution in [1.82, 2.24) is 5.43 Å². The molecule has 2 rings (SSSR count). The highest BCUT2D eigenvalue weighted by Crippen LogP contribution is 2.29. The summed E-state index contributed by atoms with van der Waals surface area (Å²) >= 11 is 1.84. The zero-order valence-electron chi connectivity index (χ0n) is 10.4. The van der Waals surface area contributed by atoms with Crippen LogP contribution in [0, 0.1) is 0 Å². The average Bonchev–Trinajstić information content (AvgIpc) is 2.81. The van der Waals surface area contributed by atoms with Crippen LogP contribution in [0.1, 0.15) is 29.3 Å². The van der Waals surface area contributed by atoms with Gasteiger partial charge in [0, 0.05) is 23.2 Å². The summed E-state index contributed by atoms with van der Waals surface area (Å²) in [7, 11) is 0. The highest BCUT2D eigenvalue weighted by Gasteiger charge is 2.24. The molecule has 1 saturated heterocycles. The Labute approximate surface area is 111 Å². The van der Waals surface area contributed by atoms with Crippen molar-refractivity contribution in [3.05, 3.63) is 35.4 Å². The van der Waals surface area contributed by atoms with Gasteiger partial charge in [0.25, 0.3) is 5.91 Å². The molecule has 1 aromatic rings. The fraction of sp³-hybridized carbons (Fsp3) is 0.462. The molecule has 1 aromatic carbocycles. The summed E-state index contributed by atoms with van der Waals surface area (Å²) in [5, 5.41) is 0.513. The lowest BCUT2D eigenvalue weighted by Gasteiger charge is -2.14. The molecule has 4 nitrogen and oxygen atoms in total. The van der Waals surface area contributed by atoms with Crippen molar-refractivity contribution < 1.29 is 9.53 Å². The minimum absolute atomic E-state index is 0.234. The van der Waals surface area contributed by atoms with Gasteiger partial charge in [-0.05, 0) is 25.0 Å². The van der Waals surface area contributed by atoms with Crippen molar-refractivity contribution in [3.8, 4) is 0 Å². The van der Waals surface area contributed by atoms with Gasteiger partial charge < -0.3 is 4.74 Å². The van der Waals surface area contributed by atoms with Gasteiger partial charge in [0.2, 0.25) is 0 Å². The van der Waals surface area contributed by atoms with Crippen LogP contribution in [-0.2, 0) is 10.5 Å². The molecule has 0 aliphatic carbocycles. The van der Waals surface area contributed by atoms with Gasteiger partial charge in [-0.25, -0.2) is 5.84 Å². The van der Waals surface area contributed by atoms with E-state index in [-0.39, 0.29) is 5.91 Å². The smallest absolute Gasteiger partial charge is 0.265 e. The minimum atomic E-state index is -0.234. The van der Waals surface area contributed by atoms with Crippen molar-refractivity contribution >= 4 is 17.7 Å². The Balaban J connectivity index is 2.02. The lowest BCUT2D eigenvalue weighted by atomic mass is 10.1. The predicted molar refractivity (Wildman–Crippen MR) is 73.2 cm³/mol. The molecule has 0 radical (unpaired) electrons. The quantitative estimate of drug-likeness (QED) is 0.494. The lowest BCUT2D eigenvalue weighted by molar-refractivity contribution is 0.0953. The van der Waals surface area contributed by atoms with Crippen LogP contribution in [0.15, 0.2) is 24.3 Å². The minimum Gasteiger partial charge on any atom is -0.377 e. The molecule has 18 heavy (non-hydrogen) atoms. The third kappa shape index (κ3) is 3.04. The molecule has 2 unspecified atom stereocenters. The number of ether oxygens (including phenoxy) is 1. The molecule has 1 aliphatic rings. The second-order valence-corrected chi connectivity index (χ2v) is 5.57. The van der Waals surface area contributed by atoms with Crippen molar-refractivity contribution in [2.24, 2.45) is 5.84 Å². The third-order valence-electron chi connectivity index (χ3n) is 3.15. The van der Waals surface area contributed by atoms with E-state index < -0.39 is 0 Å². The summed E-state index contributed by atoms with van der Waals surface area (Å²) in [5.74, 6) is 5.76. The van der Waals surface area contributed by atoms with Crippen LogP contribution in [0.2, 0.25) is 0 Å². The van der Waals surface area contributed by atoms with E-state index in [1.54, 1.807) is 6.07 Å². The number of nitrogens with two attached hydrogens (primary N) is 1. The van der Waals surface area contributed by atoms with Gasteiger partial charge in [-0.1, -0.05) is 18.2 Å². The van der Waals surface area contributed by atoms with Crippen molar-refractivity contribution in [2.75, 3.05) is 6.61 Å². The van der Waals surface area contributed by atoms with E-state index in [1.165, 1.54) is 0 Å². The van der Waals surface area contributed by atoms with Crippen LogP contribution >= 0.6 is 11.8 Å². The van der Waals surface area contributed by atoms with Gasteiger partial charge in [0.15, 0.2) is 0 Å². The second-order valence-electron chi connectivity index (χ2n) is 4.34. The summed E-state index contributed by atoms with van der Waals surface area (Å²) in [4.78, 5) is 11.6. The molecule has 0 aromatic heterocycles. The average molecular weight is 266 g/mol. The summed E-state index contributed by atoms with van der Waals surface area (Å²) in [5.41, 5.74) is 3.86. The number of hydrogen-bond acceptors (Lipinski definition) is 4. The van der Waals surface area contributed by atoms with E-state index in [2.05, 4.69) is 12.3 Å². The topological polar surface area (TPSA) is 64.3 Å². The molecule has 5 heteroatoms. The molecule has 1 amide bonds. The highest BCUT2D eigenvalue weighted by atomic mass is 32.2. The fourth-order valence-corrected chi connectivity index (χ4v) is 3.33. The molecule has 1 fully saturated rings. The van der Waals surface area contributed by atoms with Crippen LogP contribution in [0.5, 0.6) is 0 Å². The Hall–Kier alpha value is -1.04. The Morgan fingerprint density at radius 2 is 2.33 bits per heavy atom. The second kappa shape index (κ2) is 6.22. The first-order chi connectivity index (χ1) is 8.72. The van der Waals surface area contributed by atoms with Crippen LogP contribution in [0.4, 0.5) is 0 Å². The monoisotopic (exact) mass is 266 g/mol. The summed E-state index contributed by atoms with van der Waals surface area (Å²) in [6.45, 7) is 2.94. The molecule has 0 saturated carbocycles. The van der Waals surface area contributed by atoms with Crippen molar-refractivity contribution in [3.63, 3.8) is 0 Å². The number of carbonyl (C=O) groups is 1. The van der Waals surface area contributed by atoms with Gasteiger partial charge in [-0.3, -0.25) is 10.2 Å². The molecule has 1 heterocycles. The van der Waals surface area contributed by atoms with Crippen LogP contribution in [0.25, 0.3) is 0 Å². The number of hydrazine groups is 1. The maximum absolute atomic E-state index is 11.6. The number of nitrogens with one attached hydrogen (secondary N) is 1. The largest absolute Gasteiger partial charge is 0.377 e. The first-order valence-corrected chi connectivity index (χ1v) is 7.09. The predicted octanol–water partition coefficient (Wildman–Crippen LogP) is 1.70. The van der Waals surface area contributed by atoms with E-state index in [0.29, 0.717) is 16.9 Å². The summed E-state index contributed by atoms with van der Waals surface area (Å²) < 4.78 is 5.53. The first-order valence-electron chi connectivity index (χ1n) is 6.04. The Morgan fingerprint density at radius 3 is 3.00 bits per heavy atom. The third-order valence-corrected chi connectivity index (χ3v) is 4.68. The highest BCUT2D eigenvalue weighted by molar-refractivity contribution is 7.99. The molecular weight excluding hydrogens is 248 g/mol. The van der Waals surface area contributed by atoms with E-state index in [4.69, 9.17) is 10.6 Å². The Kier molecular flexibility index (Phi) is 4.63. The van der Waals surface area contributed by atoms with Crippen LogP contribution in [0.3, 0.4) is 0 Å². The van der Waals surface area contributed by atoms with E-state index >= 15 is 0 Å². The van der Waals surface area contributed by atoms with Crippen molar-refractivity contribution in [2.45, 2.75) is 30.5 Å². The van der Waals surface area contributed by atoms with Gasteiger partial charge in [-0.15, -0.1) is 0 Å². The number of nitrogen functional groups attached to an aromatic ring is 1. The Morgan fingerprint density at radius 1 is 1.56 bits per heavy atom. The molecule has 3 N–H and O–H groups in total. The van der Waals surface area contributed by atoms with Crippen LogP contribution < -0.4 is 11.3 Å². The van der Waals surface area contributed by atoms with Gasteiger partial charge in [-0.2, -0.15) is 11.8 Å². The van der Waals surface area contributed by atoms with Crippen molar-refractivity contribution in [1.29, 1.82) is 0 Å². The van der Waals surface area contributed by atoms with E-state index in [9.17, 15) is 4.79 Å². The maximum Gasteiger partial charge on any atom is 0.265 e. The SMILES string of the molecule is CC1OCCC1SCc1ccccc1C(=O)NN. The summed E-state index contributed by atoms with van der Waals surface area (Å²) in [6, 6.07) is 7.56. The van der Waals surface area contributed by atoms with E-state index in [0.717, 1.165) is 24.3 Å². The molecular formula is C13H18N2O2S. The molecule has 98 valence electrons. The number of rotatable bonds is 4. The lowest BCUT2D eigenvalue weighted by Crippen LogP contribution is -2.30. The number of thioether (sulfide) groups is 1. The molecule has 2 atom stereocenters. The standard InChI is InChI=1S/C13H18N2O2S/c1-9-12(6-7-17-9)18-8-10-4-2-3-5-11(10)13(16)15-14/h2-5,9,12H,6-8,14H2,1H3,(H,15,16). The number of benzene rings is 1. The van der Waals surface area contributed by atoms with E-state index in [1.807, 2.05) is 30.0 Å². The molecule has 0 bridgehead atoms. The number of hydrogen-bond donors (Lipinski definition) is 2. The number of amides is 1.